The van der Waals surface area contributed by atoms with Crippen LogP contribution in [0.4, 0.5) is 0 Å². The predicted molar refractivity (Wildman–Crippen MR) is 84.5 cm³/mol. The van der Waals surface area contributed by atoms with Gasteiger partial charge >= 0.3 is 41.5 Å². The second-order valence-electron chi connectivity index (χ2n) is 4.68. The van der Waals surface area contributed by atoms with Crippen molar-refractivity contribution in [2.45, 2.75) is 9.79 Å². The van der Waals surface area contributed by atoms with Gasteiger partial charge in [0.15, 0.2) is 0 Å². The van der Waals surface area contributed by atoms with E-state index in [9.17, 15) is 26.4 Å². The Hall–Kier alpha value is -1.76. The summed E-state index contributed by atoms with van der Waals surface area (Å²) in [7, 11) is -9.21. The molecule has 2 aromatic rings. The van der Waals surface area contributed by atoms with Gasteiger partial charge in [0.05, 0.1) is 11.1 Å². The number of carboxylic acids is 2. The Labute approximate surface area is 171 Å². The number of aromatic carboxylic acids is 2. The van der Waals surface area contributed by atoms with Gasteiger partial charge in [0.25, 0.3) is 0 Å². The monoisotopic (exact) mass is 407 g/mol. The Morgan fingerprint density at radius 3 is 1.15 bits per heavy atom. The zero-order chi connectivity index (χ0) is 18.8. The van der Waals surface area contributed by atoms with Crippen LogP contribution >= 0.6 is 0 Å². The number of hydrogen-bond donors (Lipinski definition) is 2. The van der Waals surface area contributed by atoms with Gasteiger partial charge in [-0.3, -0.25) is 0 Å². The van der Waals surface area contributed by atoms with Crippen molar-refractivity contribution in [2.75, 3.05) is 0 Å². The molecule has 2 N–H and O–H groups in total. The topological polar surface area (TPSA) is 157 Å². The molecule has 2 rings (SSSR count). The number of carboxylic acid groups (broad SMARTS) is 2. The van der Waals surface area contributed by atoms with Crippen LogP contribution in [0.15, 0.2) is 58.3 Å². The van der Waals surface area contributed by atoms with Crippen molar-refractivity contribution in [3.8, 4) is 0 Å². The van der Waals surface area contributed by atoms with E-state index in [1.165, 1.54) is 0 Å². The molecule has 0 saturated heterocycles. The number of hydrogen-bond acceptors (Lipinski definition) is 6. The van der Waals surface area contributed by atoms with Crippen LogP contribution in [0.2, 0.25) is 0 Å². The van der Waals surface area contributed by atoms with Crippen molar-refractivity contribution >= 4 is 32.0 Å². The van der Waals surface area contributed by atoms with E-state index >= 15 is 0 Å². The summed E-state index contributed by atoms with van der Waals surface area (Å²) in [6, 6.07) is 7.68. The van der Waals surface area contributed by atoms with Gasteiger partial charge in [-0.25, -0.2) is 26.4 Å². The fourth-order valence-corrected chi connectivity index (χ4v) is 4.44. The minimum atomic E-state index is -4.61. The SMILES string of the molecule is O=C(O)c1ccc(S(=O)(=O)[N-]S(=O)(=O)c2ccc(C(=O)O)cc2)cc1.[Na+]. The number of sulfonamides is 2. The van der Waals surface area contributed by atoms with Gasteiger partial charge in [-0.2, -0.15) is 0 Å². The predicted octanol–water partition coefficient (Wildman–Crippen LogP) is -1.46. The second-order valence-corrected chi connectivity index (χ2v) is 8.12. The van der Waals surface area contributed by atoms with Crippen molar-refractivity contribution in [3.05, 3.63) is 63.8 Å². The number of carbonyl (C=O) groups is 2. The number of benzene rings is 2. The summed E-state index contributed by atoms with van der Waals surface area (Å²) in [6.45, 7) is 0. The van der Waals surface area contributed by atoms with Gasteiger partial charge in [-0.15, -0.1) is 0 Å². The van der Waals surface area contributed by atoms with Gasteiger partial charge in [-0.05, 0) is 48.5 Å². The van der Waals surface area contributed by atoms with Crippen LogP contribution in [0, 0.1) is 0 Å². The quantitative estimate of drug-likeness (QED) is 0.550. The normalized spacial score (nSPS) is 11.4. The first-order chi connectivity index (χ1) is 11.5. The molecular weight excluding hydrogens is 397 g/mol. The van der Waals surface area contributed by atoms with E-state index < -0.39 is 41.8 Å². The van der Waals surface area contributed by atoms with Crippen LogP contribution in [0.5, 0.6) is 0 Å². The van der Waals surface area contributed by atoms with E-state index in [-0.39, 0.29) is 40.7 Å². The van der Waals surface area contributed by atoms with Crippen LogP contribution < -0.4 is 29.6 Å². The van der Waals surface area contributed by atoms with Crippen molar-refractivity contribution in [3.63, 3.8) is 0 Å². The maximum absolute atomic E-state index is 12.1. The van der Waals surface area contributed by atoms with Crippen LogP contribution in [-0.2, 0) is 20.0 Å². The van der Waals surface area contributed by atoms with E-state index in [2.05, 4.69) is 4.13 Å². The molecule has 0 bridgehead atoms. The van der Waals surface area contributed by atoms with E-state index in [0.717, 1.165) is 48.5 Å². The van der Waals surface area contributed by atoms with Crippen molar-refractivity contribution < 1.29 is 66.2 Å². The molecule has 0 saturated carbocycles. The molecule has 0 unspecified atom stereocenters. The van der Waals surface area contributed by atoms with Crippen molar-refractivity contribution in [1.82, 2.24) is 0 Å². The Bertz CT molecular complexity index is 944. The molecule has 26 heavy (non-hydrogen) atoms. The molecule has 0 heterocycles. The molecule has 0 amide bonds. The molecule has 0 aliphatic rings. The minimum absolute atomic E-state index is 0. The van der Waals surface area contributed by atoms with Gasteiger partial charge in [0, 0.05) is 9.79 Å². The molecule has 132 valence electrons. The second kappa shape index (κ2) is 8.29. The largest absolute Gasteiger partial charge is 1.00 e. The summed E-state index contributed by atoms with van der Waals surface area (Å²) in [5.41, 5.74) is -0.350. The minimum Gasteiger partial charge on any atom is -0.478 e. The van der Waals surface area contributed by atoms with E-state index in [4.69, 9.17) is 10.2 Å². The Kier molecular flexibility index (Phi) is 7.10. The van der Waals surface area contributed by atoms with E-state index in [0.29, 0.717) is 0 Å². The zero-order valence-electron chi connectivity index (χ0n) is 13.2. The Balaban J connectivity index is 0.00000338. The number of nitrogens with zero attached hydrogens (tertiary/aromatic N) is 1. The summed E-state index contributed by atoms with van der Waals surface area (Å²) in [5, 5.41) is 17.5. The van der Waals surface area contributed by atoms with Gasteiger partial charge in [0.1, 0.15) is 20.0 Å². The molecule has 0 atom stereocenters. The summed E-state index contributed by atoms with van der Waals surface area (Å²) in [5.74, 6) is -2.54. The first-order valence-corrected chi connectivity index (χ1v) is 9.32. The van der Waals surface area contributed by atoms with Crippen LogP contribution in [0.25, 0.3) is 4.13 Å². The molecule has 0 aliphatic carbocycles. The summed E-state index contributed by atoms with van der Waals surface area (Å²) < 4.78 is 51.2. The van der Waals surface area contributed by atoms with Gasteiger partial charge in [0.2, 0.25) is 0 Å². The Morgan fingerprint density at radius 1 is 0.654 bits per heavy atom. The third-order valence-electron chi connectivity index (χ3n) is 2.99. The molecular formula is C14H10NNaO8S2. The van der Waals surface area contributed by atoms with E-state index in [1.54, 1.807) is 0 Å². The molecule has 0 radical (unpaired) electrons. The third kappa shape index (κ3) is 5.13. The fourth-order valence-electron chi connectivity index (χ4n) is 1.75. The molecule has 2 aromatic carbocycles. The zero-order valence-corrected chi connectivity index (χ0v) is 16.9. The maximum Gasteiger partial charge on any atom is 1.00 e. The van der Waals surface area contributed by atoms with Crippen LogP contribution in [-0.4, -0.2) is 39.0 Å². The van der Waals surface area contributed by atoms with Crippen LogP contribution in [0.3, 0.4) is 0 Å². The van der Waals surface area contributed by atoms with Crippen LogP contribution in [0.1, 0.15) is 20.7 Å². The molecule has 0 fully saturated rings. The molecule has 0 aliphatic heterocycles. The summed E-state index contributed by atoms with van der Waals surface area (Å²) >= 11 is 0. The first kappa shape index (κ1) is 22.3. The Morgan fingerprint density at radius 2 is 0.923 bits per heavy atom. The molecule has 0 aromatic heterocycles. The standard InChI is InChI=1S/C14H10NO8S2.Na/c16-13(17)9-1-5-11(6-2-9)24(20,21)15-25(22,23)12-7-3-10(4-8-12)14(18)19;/h1-8H,(H,16,17)(H,18,19);/q-1;+1. The molecule has 0 spiro atoms. The van der Waals surface area contributed by atoms with Gasteiger partial charge < -0.3 is 14.3 Å². The van der Waals surface area contributed by atoms with E-state index in [1.807, 2.05) is 0 Å². The molecule has 12 heteroatoms. The first-order valence-electron chi connectivity index (χ1n) is 6.44. The maximum atomic E-state index is 12.1. The third-order valence-corrected chi connectivity index (χ3v) is 6.30. The fraction of sp³-hybridized carbons (Fsp3) is 0. The summed E-state index contributed by atoms with van der Waals surface area (Å²) in [6.07, 6.45) is 0. The molecule has 9 nitrogen and oxygen atoms in total. The van der Waals surface area contributed by atoms with Crippen molar-refractivity contribution in [1.29, 1.82) is 0 Å². The van der Waals surface area contributed by atoms with Gasteiger partial charge in [-0.1, -0.05) is 0 Å². The average molecular weight is 407 g/mol. The summed E-state index contributed by atoms with van der Waals surface area (Å²) in [4.78, 5) is 20.5. The number of rotatable bonds is 6. The van der Waals surface area contributed by atoms with Crippen molar-refractivity contribution in [2.24, 2.45) is 0 Å². The average Bonchev–Trinajstić information content (AvgIpc) is 2.54. The smallest absolute Gasteiger partial charge is 0.478 e.